The Hall–Kier alpha value is -0.120. The van der Waals surface area contributed by atoms with Gasteiger partial charge in [-0.25, -0.2) is 0 Å². The van der Waals surface area contributed by atoms with E-state index in [9.17, 15) is 0 Å². The molecule has 0 radical (unpaired) electrons. The summed E-state index contributed by atoms with van der Waals surface area (Å²) < 4.78 is 0. The standard InChI is InChI=1S/C16H35N3/c1-13(2)15(18-16(3,4)5)12-17-10-9-14-8-7-11-19(14)6/h13-15,17-18H,7-12H2,1-6H3/t14?,15-/m0/s1. The molecule has 0 saturated carbocycles. The Labute approximate surface area is 120 Å². The van der Waals surface area contributed by atoms with E-state index in [1.165, 1.54) is 25.8 Å². The lowest BCUT2D eigenvalue weighted by molar-refractivity contribution is 0.276. The van der Waals surface area contributed by atoms with Crippen molar-refractivity contribution in [2.45, 2.75) is 71.5 Å². The summed E-state index contributed by atoms with van der Waals surface area (Å²) in [4.78, 5) is 2.51. The van der Waals surface area contributed by atoms with E-state index in [4.69, 9.17) is 0 Å². The first kappa shape index (κ1) is 16.9. The Kier molecular flexibility index (Phi) is 6.78. The maximum Gasteiger partial charge on any atom is 0.0220 e. The summed E-state index contributed by atoms with van der Waals surface area (Å²) in [6.07, 6.45) is 4.05. The molecule has 0 bridgehead atoms. The van der Waals surface area contributed by atoms with Crippen molar-refractivity contribution in [1.82, 2.24) is 15.5 Å². The molecular weight excluding hydrogens is 234 g/mol. The molecule has 0 spiro atoms. The highest BCUT2D eigenvalue weighted by Gasteiger charge is 2.21. The molecule has 3 heteroatoms. The molecular formula is C16H35N3. The Morgan fingerprint density at radius 3 is 2.42 bits per heavy atom. The molecule has 19 heavy (non-hydrogen) atoms. The molecule has 2 N–H and O–H groups in total. The lowest BCUT2D eigenvalue weighted by Crippen LogP contribution is -2.51. The average molecular weight is 269 g/mol. The van der Waals surface area contributed by atoms with Crippen molar-refractivity contribution in [3.05, 3.63) is 0 Å². The molecule has 0 aliphatic carbocycles. The lowest BCUT2D eigenvalue weighted by Gasteiger charge is -2.31. The summed E-state index contributed by atoms with van der Waals surface area (Å²) in [5, 5.41) is 7.37. The molecule has 1 heterocycles. The van der Waals surface area contributed by atoms with E-state index in [0.717, 1.165) is 19.1 Å². The topological polar surface area (TPSA) is 27.3 Å². The molecule has 0 amide bonds. The van der Waals surface area contributed by atoms with Crippen molar-refractivity contribution in [3.8, 4) is 0 Å². The largest absolute Gasteiger partial charge is 0.315 e. The van der Waals surface area contributed by atoms with E-state index in [2.05, 4.69) is 57.2 Å². The van der Waals surface area contributed by atoms with Crippen LogP contribution in [0.1, 0.15) is 53.9 Å². The fraction of sp³-hybridized carbons (Fsp3) is 1.00. The van der Waals surface area contributed by atoms with Crippen LogP contribution < -0.4 is 10.6 Å². The first-order valence-corrected chi connectivity index (χ1v) is 7.98. The Balaban J connectivity index is 2.21. The molecule has 2 atom stereocenters. The van der Waals surface area contributed by atoms with E-state index < -0.39 is 0 Å². The highest BCUT2D eigenvalue weighted by molar-refractivity contribution is 4.82. The van der Waals surface area contributed by atoms with Crippen LogP contribution in [0.15, 0.2) is 0 Å². The fourth-order valence-electron chi connectivity index (χ4n) is 2.88. The molecule has 1 aliphatic heterocycles. The predicted molar refractivity (Wildman–Crippen MR) is 84.7 cm³/mol. The zero-order chi connectivity index (χ0) is 14.5. The zero-order valence-electron chi connectivity index (χ0n) is 13.9. The third-order valence-corrected chi connectivity index (χ3v) is 4.11. The van der Waals surface area contributed by atoms with E-state index in [0.29, 0.717) is 12.0 Å². The Morgan fingerprint density at radius 1 is 1.26 bits per heavy atom. The van der Waals surface area contributed by atoms with Crippen molar-refractivity contribution in [1.29, 1.82) is 0 Å². The van der Waals surface area contributed by atoms with Gasteiger partial charge in [-0.05, 0) is 66.1 Å². The van der Waals surface area contributed by atoms with Crippen molar-refractivity contribution < 1.29 is 0 Å². The van der Waals surface area contributed by atoms with Crippen LogP contribution in [0.3, 0.4) is 0 Å². The number of hydrogen-bond donors (Lipinski definition) is 2. The van der Waals surface area contributed by atoms with Crippen LogP contribution in [-0.4, -0.2) is 49.2 Å². The maximum atomic E-state index is 3.72. The number of likely N-dealkylation sites (tertiary alicyclic amines) is 1. The van der Waals surface area contributed by atoms with Crippen molar-refractivity contribution in [2.24, 2.45) is 5.92 Å². The molecule has 1 fully saturated rings. The molecule has 0 aromatic heterocycles. The molecule has 0 aromatic carbocycles. The van der Waals surface area contributed by atoms with Crippen LogP contribution in [0, 0.1) is 5.92 Å². The smallest absolute Gasteiger partial charge is 0.0220 e. The molecule has 0 aromatic rings. The number of rotatable bonds is 7. The number of nitrogens with zero attached hydrogens (tertiary/aromatic N) is 1. The normalized spacial score (nSPS) is 23.2. The first-order valence-electron chi connectivity index (χ1n) is 7.98. The second-order valence-electron chi connectivity index (χ2n) is 7.51. The van der Waals surface area contributed by atoms with E-state index >= 15 is 0 Å². The van der Waals surface area contributed by atoms with Gasteiger partial charge in [0.05, 0.1) is 0 Å². The van der Waals surface area contributed by atoms with Crippen LogP contribution in [0.5, 0.6) is 0 Å². The van der Waals surface area contributed by atoms with Crippen molar-refractivity contribution >= 4 is 0 Å². The number of nitrogens with one attached hydrogen (secondary N) is 2. The van der Waals surface area contributed by atoms with E-state index in [1.807, 2.05) is 0 Å². The van der Waals surface area contributed by atoms with Crippen LogP contribution in [0.2, 0.25) is 0 Å². The molecule has 1 rings (SSSR count). The predicted octanol–water partition coefficient (Wildman–Crippen LogP) is 2.47. The quantitative estimate of drug-likeness (QED) is 0.695. The molecule has 3 nitrogen and oxygen atoms in total. The maximum absolute atomic E-state index is 3.72. The van der Waals surface area contributed by atoms with Gasteiger partial charge < -0.3 is 15.5 Å². The third-order valence-electron chi connectivity index (χ3n) is 4.11. The SMILES string of the molecule is CC(C)[C@H](CNCCC1CCCN1C)NC(C)(C)C. The van der Waals surface area contributed by atoms with Gasteiger partial charge in [0.25, 0.3) is 0 Å². The molecule has 1 aliphatic rings. The summed E-state index contributed by atoms with van der Waals surface area (Å²) in [6.45, 7) is 14.8. The molecule has 114 valence electrons. The summed E-state index contributed by atoms with van der Waals surface area (Å²) >= 11 is 0. The minimum atomic E-state index is 0.197. The van der Waals surface area contributed by atoms with Gasteiger partial charge in [-0.15, -0.1) is 0 Å². The fourth-order valence-corrected chi connectivity index (χ4v) is 2.88. The van der Waals surface area contributed by atoms with Crippen LogP contribution >= 0.6 is 0 Å². The summed E-state index contributed by atoms with van der Waals surface area (Å²) in [6, 6.07) is 1.36. The average Bonchev–Trinajstić information content (AvgIpc) is 2.67. The summed E-state index contributed by atoms with van der Waals surface area (Å²) in [5.41, 5.74) is 0.197. The summed E-state index contributed by atoms with van der Waals surface area (Å²) in [5.74, 6) is 0.667. The van der Waals surface area contributed by atoms with E-state index in [-0.39, 0.29) is 5.54 Å². The van der Waals surface area contributed by atoms with Crippen LogP contribution in [0.4, 0.5) is 0 Å². The van der Waals surface area contributed by atoms with Gasteiger partial charge in [-0.2, -0.15) is 0 Å². The molecule has 1 saturated heterocycles. The van der Waals surface area contributed by atoms with Crippen LogP contribution in [-0.2, 0) is 0 Å². The van der Waals surface area contributed by atoms with Gasteiger partial charge in [-0.1, -0.05) is 13.8 Å². The van der Waals surface area contributed by atoms with Crippen molar-refractivity contribution in [2.75, 3.05) is 26.7 Å². The zero-order valence-corrected chi connectivity index (χ0v) is 13.9. The van der Waals surface area contributed by atoms with Crippen LogP contribution in [0.25, 0.3) is 0 Å². The van der Waals surface area contributed by atoms with E-state index in [1.54, 1.807) is 0 Å². The highest BCUT2D eigenvalue weighted by Crippen LogP contribution is 2.17. The minimum absolute atomic E-state index is 0.197. The monoisotopic (exact) mass is 269 g/mol. The summed E-state index contributed by atoms with van der Waals surface area (Å²) in [7, 11) is 2.26. The van der Waals surface area contributed by atoms with Gasteiger partial charge in [0.2, 0.25) is 0 Å². The Bertz CT molecular complexity index is 245. The highest BCUT2D eigenvalue weighted by atomic mass is 15.1. The third kappa shape index (κ3) is 6.73. The van der Waals surface area contributed by atoms with Gasteiger partial charge in [-0.3, -0.25) is 0 Å². The van der Waals surface area contributed by atoms with Crippen molar-refractivity contribution in [3.63, 3.8) is 0 Å². The van der Waals surface area contributed by atoms with Gasteiger partial charge in [0, 0.05) is 24.2 Å². The second kappa shape index (κ2) is 7.61. The lowest BCUT2D eigenvalue weighted by atomic mass is 9.99. The first-order chi connectivity index (χ1) is 8.79. The van der Waals surface area contributed by atoms with Gasteiger partial charge >= 0.3 is 0 Å². The van der Waals surface area contributed by atoms with Gasteiger partial charge in [0.1, 0.15) is 0 Å². The second-order valence-corrected chi connectivity index (χ2v) is 7.51. The molecule has 1 unspecified atom stereocenters. The Morgan fingerprint density at radius 2 is 1.95 bits per heavy atom. The minimum Gasteiger partial charge on any atom is -0.315 e. The van der Waals surface area contributed by atoms with Gasteiger partial charge in [0.15, 0.2) is 0 Å². The number of hydrogen-bond acceptors (Lipinski definition) is 3.